The minimum absolute atomic E-state index is 0.00682. The van der Waals surface area contributed by atoms with Crippen molar-refractivity contribution in [3.63, 3.8) is 0 Å². The van der Waals surface area contributed by atoms with Gasteiger partial charge >= 0.3 is 0 Å². The Labute approximate surface area is 145 Å². The van der Waals surface area contributed by atoms with Gasteiger partial charge in [-0.05, 0) is 32.4 Å². The van der Waals surface area contributed by atoms with Gasteiger partial charge in [0.25, 0.3) is 11.8 Å². The number of nitrogens with zero attached hydrogens (tertiary/aromatic N) is 4. The number of carbonyl (C=O) groups excluding carboxylic acids is 2. The SMILES string of the molecule is Cc1nc(C(N)=O)nc(N2CC[C@@H](NC(=O)c3ccncc3)C2)c1C. The Morgan fingerprint density at radius 2 is 1.96 bits per heavy atom. The van der Waals surface area contributed by atoms with E-state index < -0.39 is 5.91 Å². The smallest absolute Gasteiger partial charge is 0.286 e. The molecule has 3 N–H and O–H groups in total. The lowest BCUT2D eigenvalue weighted by Crippen LogP contribution is -2.37. The number of rotatable bonds is 4. The molecule has 8 nitrogen and oxygen atoms in total. The highest BCUT2D eigenvalue weighted by Gasteiger charge is 2.27. The van der Waals surface area contributed by atoms with Crippen LogP contribution in [0, 0.1) is 13.8 Å². The number of nitrogens with two attached hydrogens (primary N) is 1. The van der Waals surface area contributed by atoms with Gasteiger partial charge in [0.05, 0.1) is 0 Å². The Hall–Kier alpha value is -3.03. The average Bonchev–Trinajstić information content (AvgIpc) is 3.06. The van der Waals surface area contributed by atoms with E-state index in [0.29, 0.717) is 17.9 Å². The fraction of sp³-hybridized carbons (Fsp3) is 0.353. The number of carbonyl (C=O) groups is 2. The molecular weight excluding hydrogens is 320 g/mol. The van der Waals surface area contributed by atoms with Crippen LogP contribution in [0.4, 0.5) is 5.82 Å². The van der Waals surface area contributed by atoms with Crippen molar-refractivity contribution in [2.24, 2.45) is 5.73 Å². The number of amides is 2. The summed E-state index contributed by atoms with van der Waals surface area (Å²) in [4.78, 5) is 38.1. The van der Waals surface area contributed by atoms with Crippen LogP contribution in [0.2, 0.25) is 0 Å². The standard InChI is InChI=1S/C17H20N6O2/c1-10-11(2)20-15(14(18)24)22-16(10)23-8-5-13(9-23)21-17(25)12-3-6-19-7-4-12/h3-4,6-7,13H,5,8-9H2,1-2H3,(H2,18,24)(H,21,25)/t13-/m1/s1. The predicted molar refractivity (Wildman–Crippen MR) is 92.3 cm³/mol. The van der Waals surface area contributed by atoms with Gasteiger partial charge in [-0.1, -0.05) is 0 Å². The van der Waals surface area contributed by atoms with Gasteiger partial charge in [0.1, 0.15) is 5.82 Å². The molecule has 3 heterocycles. The summed E-state index contributed by atoms with van der Waals surface area (Å²) in [7, 11) is 0. The Balaban J connectivity index is 1.73. The highest BCUT2D eigenvalue weighted by Crippen LogP contribution is 2.24. The van der Waals surface area contributed by atoms with Gasteiger partial charge in [0.2, 0.25) is 5.82 Å². The lowest BCUT2D eigenvalue weighted by atomic mass is 10.2. The molecule has 0 aromatic carbocycles. The van der Waals surface area contributed by atoms with Crippen LogP contribution in [0.3, 0.4) is 0 Å². The third kappa shape index (κ3) is 3.57. The van der Waals surface area contributed by atoms with Gasteiger partial charge in [-0.3, -0.25) is 14.6 Å². The third-order valence-electron chi connectivity index (χ3n) is 4.35. The number of hydrogen-bond acceptors (Lipinski definition) is 6. The predicted octanol–water partition coefficient (Wildman–Crippen LogP) is 0.596. The summed E-state index contributed by atoms with van der Waals surface area (Å²) in [5, 5.41) is 3.02. The van der Waals surface area contributed by atoms with Crippen LogP contribution in [-0.4, -0.2) is 45.9 Å². The average molecular weight is 340 g/mol. The van der Waals surface area contributed by atoms with Crippen LogP contribution >= 0.6 is 0 Å². The molecule has 0 saturated carbocycles. The number of nitrogens with one attached hydrogen (secondary N) is 1. The molecule has 2 aromatic rings. The molecule has 1 aliphatic rings. The summed E-state index contributed by atoms with van der Waals surface area (Å²) < 4.78 is 0. The zero-order valence-electron chi connectivity index (χ0n) is 14.2. The molecule has 1 saturated heterocycles. The van der Waals surface area contributed by atoms with Gasteiger partial charge in [-0.25, -0.2) is 9.97 Å². The van der Waals surface area contributed by atoms with Crippen LogP contribution in [-0.2, 0) is 0 Å². The van der Waals surface area contributed by atoms with Crippen LogP contribution in [0.1, 0.15) is 38.7 Å². The summed E-state index contributed by atoms with van der Waals surface area (Å²) in [6.45, 7) is 5.09. The largest absolute Gasteiger partial charge is 0.363 e. The maximum Gasteiger partial charge on any atom is 0.286 e. The second kappa shape index (κ2) is 6.84. The molecule has 2 amide bonds. The van der Waals surface area contributed by atoms with Crippen molar-refractivity contribution in [1.29, 1.82) is 0 Å². The number of pyridine rings is 1. The normalized spacial score (nSPS) is 16.7. The van der Waals surface area contributed by atoms with Crippen LogP contribution < -0.4 is 16.0 Å². The number of aryl methyl sites for hydroxylation is 1. The Kier molecular flexibility index (Phi) is 4.60. The topological polar surface area (TPSA) is 114 Å². The molecule has 0 radical (unpaired) electrons. The first-order valence-electron chi connectivity index (χ1n) is 8.06. The molecule has 1 atom stereocenters. The monoisotopic (exact) mass is 340 g/mol. The Morgan fingerprint density at radius 1 is 1.24 bits per heavy atom. The molecule has 1 aliphatic heterocycles. The van der Waals surface area contributed by atoms with Crippen LogP contribution in [0.5, 0.6) is 0 Å². The van der Waals surface area contributed by atoms with E-state index in [0.717, 1.165) is 24.2 Å². The lowest BCUT2D eigenvalue weighted by molar-refractivity contribution is 0.0939. The van der Waals surface area contributed by atoms with Gasteiger partial charge < -0.3 is 16.0 Å². The van der Waals surface area contributed by atoms with Gasteiger partial charge in [-0.15, -0.1) is 0 Å². The minimum atomic E-state index is -0.647. The van der Waals surface area contributed by atoms with E-state index in [4.69, 9.17) is 5.73 Å². The fourth-order valence-electron chi connectivity index (χ4n) is 2.87. The zero-order chi connectivity index (χ0) is 18.0. The van der Waals surface area contributed by atoms with E-state index in [2.05, 4.69) is 20.3 Å². The second-order valence-corrected chi connectivity index (χ2v) is 6.09. The number of anilines is 1. The first-order valence-corrected chi connectivity index (χ1v) is 8.06. The van der Waals surface area contributed by atoms with Gasteiger partial charge in [-0.2, -0.15) is 0 Å². The van der Waals surface area contributed by atoms with E-state index in [1.54, 1.807) is 24.5 Å². The van der Waals surface area contributed by atoms with Crippen molar-refractivity contribution in [2.75, 3.05) is 18.0 Å². The highest BCUT2D eigenvalue weighted by atomic mass is 16.2. The van der Waals surface area contributed by atoms with E-state index in [-0.39, 0.29) is 17.8 Å². The number of hydrogen-bond donors (Lipinski definition) is 2. The van der Waals surface area contributed by atoms with E-state index >= 15 is 0 Å². The molecule has 3 rings (SSSR count). The summed E-state index contributed by atoms with van der Waals surface area (Å²) in [5.74, 6) is -0.0573. The van der Waals surface area contributed by atoms with E-state index in [1.165, 1.54) is 0 Å². The molecule has 1 fully saturated rings. The molecular formula is C17H20N6O2. The van der Waals surface area contributed by atoms with E-state index in [9.17, 15) is 9.59 Å². The van der Waals surface area contributed by atoms with Crippen molar-refractivity contribution in [2.45, 2.75) is 26.3 Å². The molecule has 25 heavy (non-hydrogen) atoms. The van der Waals surface area contributed by atoms with Gasteiger partial charge in [0.15, 0.2) is 0 Å². The van der Waals surface area contributed by atoms with Crippen molar-refractivity contribution < 1.29 is 9.59 Å². The maximum atomic E-state index is 12.3. The van der Waals surface area contributed by atoms with Crippen LogP contribution in [0.15, 0.2) is 24.5 Å². The summed E-state index contributed by atoms with van der Waals surface area (Å²) in [6.07, 6.45) is 3.98. The molecule has 0 spiro atoms. The number of primary amides is 1. The van der Waals surface area contributed by atoms with Crippen molar-refractivity contribution in [1.82, 2.24) is 20.3 Å². The van der Waals surface area contributed by atoms with Crippen molar-refractivity contribution >= 4 is 17.6 Å². The first kappa shape index (κ1) is 16.8. The third-order valence-corrected chi connectivity index (χ3v) is 4.35. The molecule has 0 aliphatic carbocycles. The van der Waals surface area contributed by atoms with E-state index in [1.807, 2.05) is 18.7 Å². The summed E-state index contributed by atoms with van der Waals surface area (Å²) in [5.41, 5.74) is 7.53. The van der Waals surface area contributed by atoms with Crippen molar-refractivity contribution in [3.05, 3.63) is 47.2 Å². The molecule has 8 heteroatoms. The van der Waals surface area contributed by atoms with Gasteiger partial charge in [0, 0.05) is 48.3 Å². The molecule has 130 valence electrons. The van der Waals surface area contributed by atoms with Crippen LogP contribution in [0.25, 0.3) is 0 Å². The molecule has 0 unspecified atom stereocenters. The zero-order valence-corrected chi connectivity index (χ0v) is 14.2. The summed E-state index contributed by atoms with van der Waals surface area (Å²) in [6, 6.07) is 3.37. The highest BCUT2D eigenvalue weighted by molar-refractivity contribution is 5.94. The number of aromatic nitrogens is 3. The molecule has 2 aromatic heterocycles. The Morgan fingerprint density at radius 3 is 2.64 bits per heavy atom. The fourth-order valence-corrected chi connectivity index (χ4v) is 2.87. The lowest BCUT2D eigenvalue weighted by Gasteiger charge is -2.21. The second-order valence-electron chi connectivity index (χ2n) is 6.09. The quantitative estimate of drug-likeness (QED) is 0.842. The summed E-state index contributed by atoms with van der Waals surface area (Å²) >= 11 is 0. The van der Waals surface area contributed by atoms with Crippen molar-refractivity contribution in [3.8, 4) is 0 Å². The first-order chi connectivity index (χ1) is 12.0. The Bertz CT molecular complexity index is 808. The minimum Gasteiger partial charge on any atom is -0.363 e. The maximum absolute atomic E-state index is 12.3. The molecule has 0 bridgehead atoms.